The third kappa shape index (κ3) is 4.19. The molecule has 2 atom stereocenters. The lowest BCUT2D eigenvalue weighted by Crippen LogP contribution is -2.56. The zero-order chi connectivity index (χ0) is 13.6. The molecule has 1 aliphatic heterocycles. The van der Waals surface area contributed by atoms with Crippen LogP contribution < -0.4 is 5.73 Å². The van der Waals surface area contributed by atoms with E-state index in [1.54, 1.807) is 0 Å². The van der Waals surface area contributed by atoms with Crippen molar-refractivity contribution in [3.05, 3.63) is 0 Å². The molecule has 1 aliphatic rings. The summed E-state index contributed by atoms with van der Waals surface area (Å²) in [6.07, 6.45) is 2.58. The first-order valence-electron chi connectivity index (χ1n) is 7.31. The predicted molar refractivity (Wildman–Crippen MR) is 76.9 cm³/mol. The summed E-state index contributed by atoms with van der Waals surface area (Å²) < 4.78 is 5.89. The van der Waals surface area contributed by atoms with Gasteiger partial charge in [0.2, 0.25) is 0 Å². The van der Waals surface area contributed by atoms with Crippen LogP contribution in [0.3, 0.4) is 0 Å². The molecular weight excluding hydrogens is 226 g/mol. The Kier molecular flexibility index (Phi) is 6.57. The van der Waals surface area contributed by atoms with Crippen molar-refractivity contribution in [2.24, 2.45) is 5.73 Å². The summed E-state index contributed by atoms with van der Waals surface area (Å²) in [5.41, 5.74) is 6.09. The number of morpholine rings is 1. The quantitative estimate of drug-likeness (QED) is 0.743. The summed E-state index contributed by atoms with van der Waals surface area (Å²) in [6.45, 7) is 12.5. The van der Waals surface area contributed by atoms with Gasteiger partial charge in [-0.3, -0.25) is 4.90 Å². The fourth-order valence-electron chi connectivity index (χ4n) is 2.57. The van der Waals surface area contributed by atoms with Crippen molar-refractivity contribution in [3.63, 3.8) is 0 Å². The van der Waals surface area contributed by atoms with Crippen LogP contribution in [-0.4, -0.2) is 67.8 Å². The van der Waals surface area contributed by atoms with Gasteiger partial charge >= 0.3 is 0 Å². The van der Waals surface area contributed by atoms with E-state index in [2.05, 4.69) is 37.6 Å². The van der Waals surface area contributed by atoms with Crippen LogP contribution in [0.2, 0.25) is 0 Å². The zero-order valence-electron chi connectivity index (χ0n) is 12.6. The van der Waals surface area contributed by atoms with Gasteiger partial charge in [0.15, 0.2) is 0 Å². The Balaban J connectivity index is 2.61. The Morgan fingerprint density at radius 3 is 2.67 bits per heavy atom. The number of ether oxygens (including phenoxy) is 1. The van der Waals surface area contributed by atoms with Crippen LogP contribution in [0.5, 0.6) is 0 Å². The molecule has 4 nitrogen and oxygen atoms in total. The van der Waals surface area contributed by atoms with Crippen molar-refractivity contribution in [2.75, 3.05) is 46.4 Å². The van der Waals surface area contributed by atoms with Crippen LogP contribution in [0.25, 0.3) is 0 Å². The van der Waals surface area contributed by atoms with Gasteiger partial charge in [-0.2, -0.15) is 0 Å². The molecule has 0 bridgehead atoms. The van der Waals surface area contributed by atoms with Crippen molar-refractivity contribution in [3.8, 4) is 0 Å². The lowest BCUT2D eigenvalue weighted by Gasteiger charge is -2.43. The molecule has 2 unspecified atom stereocenters. The highest BCUT2D eigenvalue weighted by molar-refractivity contribution is 4.88. The number of hydrogen-bond acceptors (Lipinski definition) is 4. The molecule has 1 fully saturated rings. The first-order valence-corrected chi connectivity index (χ1v) is 7.31. The van der Waals surface area contributed by atoms with Crippen LogP contribution >= 0.6 is 0 Å². The maximum Gasteiger partial charge on any atom is 0.0829 e. The number of likely N-dealkylation sites (N-methyl/N-ethyl adjacent to an activating group) is 1. The second-order valence-corrected chi connectivity index (χ2v) is 5.76. The van der Waals surface area contributed by atoms with E-state index in [9.17, 15) is 0 Å². The molecule has 1 saturated heterocycles. The van der Waals surface area contributed by atoms with E-state index in [0.717, 1.165) is 45.6 Å². The summed E-state index contributed by atoms with van der Waals surface area (Å²) in [7, 11) is 2.17. The largest absolute Gasteiger partial charge is 0.374 e. The van der Waals surface area contributed by atoms with Crippen molar-refractivity contribution in [1.82, 2.24) is 9.80 Å². The Bertz CT molecular complexity index is 231. The van der Waals surface area contributed by atoms with Crippen molar-refractivity contribution < 1.29 is 4.74 Å². The number of nitrogens with zero attached hydrogens (tertiary/aromatic N) is 2. The van der Waals surface area contributed by atoms with Crippen molar-refractivity contribution in [2.45, 2.75) is 45.3 Å². The monoisotopic (exact) mass is 257 g/mol. The van der Waals surface area contributed by atoms with Crippen molar-refractivity contribution in [1.29, 1.82) is 0 Å². The highest BCUT2D eigenvalue weighted by atomic mass is 16.5. The third-order valence-corrected chi connectivity index (χ3v) is 4.22. The molecule has 0 saturated carbocycles. The van der Waals surface area contributed by atoms with Crippen LogP contribution in [-0.2, 0) is 4.74 Å². The maximum atomic E-state index is 5.99. The van der Waals surface area contributed by atoms with Gasteiger partial charge in [-0.25, -0.2) is 0 Å². The van der Waals surface area contributed by atoms with E-state index in [0.29, 0.717) is 12.6 Å². The molecule has 1 rings (SSSR count). The average molecular weight is 257 g/mol. The van der Waals surface area contributed by atoms with Crippen molar-refractivity contribution >= 4 is 0 Å². The van der Waals surface area contributed by atoms with Gasteiger partial charge in [0.25, 0.3) is 0 Å². The van der Waals surface area contributed by atoms with Gasteiger partial charge in [-0.1, -0.05) is 13.8 Å². The van der Waals surface area contributed by atoms with Gasteiger partial charge < -0.3 is 15.4 Å². The molecule has 2 N–H and O–H groups in total. The summed E-state index contributed by atoms with van der Waals surface area (Å²) >= 11 is 0. The first-order chi connectivity index (χ1) is 8.55. The first kappa shape index (κ1) is 15.9. The lowest BCUT2D eigenvalue weighted by molar-refractivity contribution is -0.0518. The number of hydrogen-bond donors (Lipinski definition) is 1. The summed E-state index contributed by atoms with van der Waals surface area (Å²) in [5.74, 6) is 0. The molecule has 0 radical (unpaired) electrons. The normalized spacial score (nSPS) is 25.3. The molecule has 0 aliphatic carbocycles. The minimum atomic E-state index is 0.107. The van der Waals surface area contributed by atoms with E-state index in [4.69, 9.17) is 10.5 Å². The fraction of sp³-hybridized carbons (Fsp3) is 1.00. The number of rotatable bonds is 7. The minimum Gasteiger partial charge on any atom is -0.374 e. The van der Waals surface area contributed by atoms with Crippen LogP contribution in [0.4, 0.5) is 0 Å². The maximum absolute atomic E-state index is 5.99. The fourth-order valence-corrected chi connectivity index (χ4v) is 2.57. The molecule has 18 heavy (non-hydrogen) atoms. The van der Waals surface area contributed by atoms with E-state index in [1.165, 1.54) is 0 Å². The number of nitrogens with two attached hydrogens (primary N) is 1. The molecule has 0 amide bonds. The highest BCUT2D eigenvalue weighted by Crippen LogP contribution is 2.20. The molecule has 108 valence electrons. The Morgan fingerprint density at radius 1 is 1.44 bits per heavy atom. The van der Waals surface area contributed by atoms with Gasteiger partial charge in [-0.15, -0.1) is 0 Å². The highest BCUT2D eigenvalue weighted by Gasteiger charge is 2.31. The van der Waals surface area contributed by atoms with Gasteiger partial charge in [0.05, 0.1) is 12.7 Å². The molecule has 0 aromatic heterocycles. The Labute approximate surface area is 112 Å². The van der Waals surface area contributed by atoms with Gasteiger partial charge in [0.1, 0.15) is 0 Å². The van der Waals surface area contributed by atoms with Crippen LogP contribution in [0.1, 0.15) is 33.6 Å². The summed E-state index contributed by atoms with van der Waals surface area (Å²) in [4.78, 5) is 4.88. The predicted octanol–water partition coefficient (Wildman–Crippen LogP) is 1.16. The van der Waals surface area contributed by atoms with E-state index < -0.39 is 0 Å². The summed E-state index contributed by atoms with van der Waals surface area (Å²) in [5, 5.41) is 0. The zero-order valence-corrected chi connectivity index (χ0v) is 12.6. The van der Waals surface area contributed by atoms with Crippen LogP contribution in [0.15, 0.2) is 0 Å². The second-order valence-electron chi connectivity index (χ2n) is 5.76. The molecular formula is C14H31N3O. The molecule has 0 spiro atoms. The smallest absolute Gasteiger partial charge is 0.0829 e. The lowest BCUT2D eigenvalue weighted by atomic mass is 9.95. The molecule has 0 aromatic carbocycles. The molecule has 4 heteroatoms. The average Bonchev–Trinajstić information content (AvgIpc) is 2.37. The van der Waals surface area contributed by atoms with E-state index >= 15 is 0 Å². The molecule has 1 heterocycles. The SMILES string of the molecule is CCCN(CC1CN(C)CCO1)C(C)(CC)CN. The Morgan fingerprint density at radius 2 is 2.17 bits per heavy atom. The van der Waals surface area contributed by atoms with E-state index in [1.807, 2.05) is 0 Å². The third-order valence-electron chi connectivity index (χ3n) is 4.22. The molecule has 0 aromatic rings. The minimum absolute atomic E-state index is 0.107. The van der Waals surface area contributed by atoms with Crippen LogP contribution in [0, 0.1) is 0 Å². The summed E-state index contributed by atoms with van der Waals surface area (Å²) in [6, 6.07) is 0. The standard InChI is InChI=1S/C14H31N3O/c1-5-7-17(14(3,6-2)12-15)11-13-10-16(4)8-9-18-13/h13H,5-12,15H2,1-4H3. The topological polar surface area (TPSA) is 41.7 Å². The Hall–Kier alpha value is -0.160. The van der Waals surface area contributed by atoms with Gasteiger partial charge in [-0.05, 0) is 33.4 Å². The van der Waals surface area contributed by atoms with Gasteiger partial charge in [0, 0.05) is 31.7 Å². The second kappa shape index (κ2) is 7.43. The van der Waals surface area contributed by atoms with E-state index in [-0.39, 0.29) is 5.54 Å².